The molecule has 2 fully saturated rings. The molecule has 1 amide bonds. The summed E-state index contributed by atoms with van der Waals surface area (Å²) in [4.78, 5) is 17.5. The van der Waals surface area contributed by atoms with E-state index in [9.17, 15) is 13.2 Å². The summed E-state index contributed by atoms with van der Waals surface area (Å²) in [5.74, 6) is 0.406. The molecule has 2 aliphatic rings. The van der Waals surface area contributed by atoms with Crippen LogP contribution < -0.4 is 0 Å². The van der Waals surface area contributed by atoms with Gasteiger partial charge in [0.2, 0.25) is 0 Å². The summed E-state index contributed by atoms with van der Waals surface area (Å²) in [7, 11) is -3.33. The number of sulfone groups is 1. The quantitative estimate of drug-likeness (QED) is 0.793. The molecule has 2 heterocycles. The normalized spacial score (nSPS) is 22.4. The van der Waals surface area contributed by atoms with Crippen molar-refractivity contribution in [2.24, 2.45) is 5.92 Å². The minimum absolute atomic E-state index is 0.0559. The van der Waals surface area contributed by atoms with Gasteiger partial charge in [-0.3, -0.25) is 9.69 Å². The van der Waals surface area contributed by atoms with Gasteiger partial charge in [0, 0.05) is 44.5 Å². The van der Waals surface area contributed by atoms with Gasteiger partial charge in [-0.2, -0.15) is 0 Å². The predicted molar refractivity (Wildman–Crippen MR) is 100 cm³/mol. The molecule has 0 N–H and O–H groups in total. The van der Waals surface area contributed by atoms with Gasteiger partial charge in [-0.15, -0.1) is 0 Å². The molecule has 6 nitrogen and oxygen atoms in total. The Morgan fingerprint density at radius 1 is 1.23 bits per heavy atom. The lowest BCUT2D eigenvalue weighted by molar-refractivity contribution is 0.0223. The standard InChI is InChI=1S/C19H28N2O4S/c1-15-5-6-17(26(2,23)24)12-18(15)19(22)21-7-3-4-16(14-21)13-20-8-10-25-11-9-20/h5-6,12,16H,3-4,7-11,13-14H2,1-2H3/t16-/m1/s1. The Morgan fingerprint density at radius 3 is 2.65 bits per heavy atom. The van der Waals surface area contributed by atoms with E-state index < -0.39 is 9.84 Å². The monoisotopic (exact) mass is 380 g/mol. The number of carbonyl (C=O) groups excluding carboxylic acids is 1. The van der Waals surface area contributed by atoms with Crippen LogP contribution in [0, 0.1) is 12.8 Å². The zero-order chi connectivity index (χ0) is 18.7. The maximum Gasteiger partial charge on any atom is 0.254 e. The van der Waals surface area contributed by atoms with Crippen LogP contribution in [-0.4, -0.2) is 76.3 Å². The van der Waals surface area contributed by atoms with E-state index in [0.717, 1.165) is 64.3 Å². The van der Waals surface area contributed by atoms with Crippen molar-refractivity contribution in [3.63, 3.8) is 0 Å². The number of rotatable bonds is 4. The molecule has 1 aromatic carbocycles. The predicted octanol–water partition coefficient (Wildman–Crippen LogP) is 1.58. The molecule has 2 aliphatic heterocycles. The Labute approximate surface area is 156 Å². The van der Waals surface area contributed by atoms with Crippen molar-refractivity contribution in [1.29, 1.82) is 0 Å². The first-order chi connectivity index (χ1) is 12.3. The van der Waals surface area contributed by atoms with Crippen LogP contribution in [0.1, 0.15) is 28.8 Å². The average molecular weight is 381 g/mol. The van der Waals surface area contributed by atoms with Crippen LogP contribution in [0.4, 0.5) is 0 Å². The van der Waals surface area contributed by atoms with E-state index in [-0.39, 0.29) is 10.8 Å². The van der Waals surface area contributed by atoms with Crippen LogP contribution in [0.2, 0.25) is 0 Å². The number of nitrogens with zero attached hydrogens (tertiary/aromatic N) is 2. The van der Waals surface area contributed by atoms with E-state index in [1.54, 1.807) is 12.1 Å². The Kier molecular flexibility index (Phi) is 5.99. The number of benzene rings is 1. The average Bonchev–Trinajstić information content (AvgIpc) is 2.61. The molecular formula is C19H28N2O4S. The van der Waals surface area contributed by atoms with Gasteiger partial charge in [-0.05, 0) is 43.4 Å². The molecule has 2 saturated heterocycles. The van der Waals surface area contributed by atoms with Gasteiger partial charge in [0.25, 0.3) is 5.91 Å². The van der Waals surface area contributed by atoms with Crippen molar-refractivity contribution in [3.8, 4) is 0 Å². The third kappa shape index (κ3) is 4.64. The van der Waals surface area contributed by atoms with Crippen molar-refractivity contribution in [2.45, 2.75) is 24.7 Å². The van der Waals surface area contributed by atoms with Gasteiger partial charge < -0.3 is 9.64 Å². The minimum atomic E-state index is -3.33. The second-order valence-corrected chi connectivity index (χ2v) is 9.44. The van der Waals surface area contributed by atoms with E-state index in [2.05, 4.69) is 4.90 Å². The van der Waals surface area contributed by atoms with Crippen LogP contribution >= 0.6 is 0 Å². The van der Waals surface area contributed by atoms with E-state index in [4.69, 9.17) is 4.74 Å². The summed E-state index contributed by atoms with van der Waals surface area (Å²) in [5.41, 5.74) is 1.32. The fourth-order valence-electron chi connectivity index (χ4n) is 3.78. The summed E-state index contributed by atoms with van der Waals surface area (Å²) in [6, 6.07) is 4.82. The van der Waals surface area contributed by atoms with Gasteiger partial charge in [-0.1, -0.05) is 6.07 Å². The molecule has 0 radical (unpaired) electrons. The fourth-order valence-corrected chi connectivity index (χ4v) is 4.43. The molecule has 144 valence electrons. The van der Waals surface area contributed by atoms with Gasteiger partial charge in [-0.25, -0.2) is 8.42 Å². The number of amides is 1. The van der Waals surface area contributed by atoms with Crippen molar-refractivity contribution >= 4 is 15.7 Å². The van der Waals surface area contributed by atoms with E-state index in [0.29, 0.717) is 11.5 Å². The van der Waals surface area contributed by atoms with E-state index in [1.165, 1.54) is 12.3 Å². The zero-order valence-electron chi connectivity index (χ0n) is 15.6. The van der Waals surface area contributed by atoms with E-state index in [1.807, 2.05) is 11.8 Å². The Hall–Kier alpha value is -1.44. The molecule has 0 aliphatic carbocycles. The summed E-state index contributed by atoms with van der Waals surface area (Å²) in [6.45, 7) is 7.81. The topological polar surface area (TPSA) is 66.9 Å². The number of hydrogen-bond donors (Lipinski definition) is 0. The van der Waals surface area contributed by atoms with Crippen molar-refractivity contribution < 1.29 is 17.9 Å². The highest BCUT2D eigenvalue weighted by Gasteiger charge is 2.27. The number of piperidine rings is 1. The summed E-state index contributed by atoms with van der Waals surface area (Å²) >= 11 is 0. The summed E-state index contributed by atoms with van der Waals surface area (Å²) in [5, 5.41) is 0. The lowest BCUT2D eigenvalue weighted by atomic mass is 9.96. The smallest absolute Gasteiger partial charge is 0.254 e. The first-order valence-electron chi connectivity index (χ1n) is 9.24. The van der Waals surface area contributed by atoms with Gasteiger partial charge in [0.05, 0.1) is 18.1 Å². The number of aryl methyl sites for hydroxylation is 1. The zero-order valence-corrected chi connectivity index (χ0v) is 16.4. The molecule has 7 heteroatoms. The Balaban J connectivity index is 1.71. The molecular weight excluding hydrogens is 352 g/mol. The van der Waals surface area contributed by atoms with Crippen molar-refractivity contribution in [3.05, 3.63) is 29.3 Å². The number of morpholine rings is 1. The molecule has 0 aromatic heterocycles. The summed E-state index contributed by atoms with van der Waals surface area (Å²) < 4.78 is 29.1. The molecule has 1 atom stereocenters. The Bertz CT molecular complexity index is 757. The van der Waals surface area contributed by atoms with Gasteiger partial charge in [0.15, 0.2) is 9.84 Å². The number of likely N-dealkylation sites (tertiary alicyclic amines) is 1. The third-order valence-corrected chi connectivity index (χ3v) is 6.40. The van der Waals surface area contributed by atoms with Crippen LogP contribution in [0.5, 0.6) is 0 Å². The van der Waals surface area contributed by atoms with E-state index >= 15 is 0 Å². The van der Waals surface area contributed by atoms with Crippen molar-refractivity contribution in [2.75, 3.05) is 52.2 Å². The molecule has 0 spiro atoms. The fraction of sp³-hybridized carbons (Fsp3) is 0.632. The highest BCUT2D eigenvalue weighted by Crippen LogP contribution is 2.23. The number of hydrogen-bond acceptors (Lipinski definition) is 5. The Morgan fingerprint density at radius 2 is 1.96 bits per heavy atom. The van der Waals surface area contributed by atoms with Gasteiger partial charge >= 0.3 is 0 Å². The first-order valence-corrected chi connectivity index (χ1v) is 11.1. The van der Waals surface area contributed by atoms with Gasteiger partial charge in [0.1, 0.15) is 0 Å². The molecule has 3 rings (SSSR count). The molecule has 0 unspecified atom stereocenters. The second-order valence-electron chi connectivity index (χ2n) is 7.42. The van der Waals surface area contributed by atoms with Crippen LogP contribution in [0.15, 0.2) is 23.1 Å². The first kappa shape index (κ1) is 19.3. The third-order valence-electron chi connectivity index (χ3n) is 5.29. The second kappa shape index (κ2) is 8.06. The highest BCUT2D eigenvalue weighted by molar-refractivity contribution is 7.90. The highest BCUT2D eigenvalue weighted by atomic mass is 32.2. The lowest BCUT2D eigenvalue weighted by Gasteiger charge is -2.37. The van der Waals surface area contributed by atoms with Crippen molar-refractivity contribution in [1.82, 2.24) is 9.80 Å². The minimum Gasteiger partial charge on any atom is -0.379 e. The molecule has 26 heavy (non-hydrogen) atoms. The van der Waals surface area contributed by atoms with Crippen LogP contribution in [0.3, 0.4) is 0 Å². The molecule has 0 bridgehead atoms. The maximum atomic E-state index is 13.0. The molecule has 0 saturated carbocycles. The SMILES string of the molecule is Cc1ccc(S(C)(=O)=O)cc1C(=O)N1CCC[C@H](CN2CCOCC2)C1. The van der Waals surface area contributed by atoms with Crippen LogP contribution in [-0.2, 0) is 14.6 Å². The number of carbonyl (C=O) groups is 1. The maximum absolute atomic E-state index is 13.0. The molecule has 1 aromatic rings. The van der Waals surface area contributed by atoms with Crippen LogP contribution in [0.25, 0.3) is 0 Å². The lowest BCUT2D eigenvalue weighted by Crippen LogP contribution is -2.46. The largest absolute Gasteiger partial charge is 0.379 e. The summed E-state index contributed by atoms with van der Waals surface area (Å²) in [6.07, 6.45) is 3.29. The number of ether oxygens (including phenoxy) is 1.